The molecule has 3 rings (SSSR count). The highest BCUT2D eigenvalue weighted by Gasteiger charge is 2.22. The molecule has 1 fully saturated rings. The van der Waals surface area contributed by atoms with Gasteiger partial charge in [-0.15, -0.1) is 11.3 Å². The third-order valence-corrected chi connectivity index (χ3v) is 5.47. The summed E-state index contributed by atoms with van der Waals surface area (Å²) >= 11 is 5.26. The fourth-order valence-corrected chi connectivity index (χ4v) is 4.10. The van der Waals surface area contributed by atoms with Gasteiger partial charge in [0.2, 0.25) is 5.88 Å². The Morgan fingerprint density at radius 1 is 1.26 bits per heavy atom. The Morgan fingerprint density at radius 2 is 2.04 bits per heavy atom. The molecule has 0 unspecified atom stereocenters. The standard InChI is InChI=1S/C16H18BrN3O2S/c1-22-15-5-2-12(10-18-15)16(21)20-8-6-19(7-9-20)11-13-3-4-14(17)23-13/h2-5,10H,6-9,11H2,1H3. The van der Waals surface area contributed by atoms with Gasteiger partial charge in [0, 0.05) is 49.9 Å². The Morgan fingerprint density at radius 3 is 2.61 bits per heavy atom. The predicted octanol–water partition coefficient (Wildman–Crippen LogP) is 2.87. The maximum Gasteiger partial charge on any atom is 0.255 e. The van der Waals surface area contributed by atoms with E-state index < -0.39 is 0 Å². The number of pyridine rings is 1. The number of halogens is 1. The largest absolute Gasteiger partial charge is 0.481 e. The van der Waals surface area contributed by atoms with Crippen molar-refractivity contribution >= 4 is 33.2 Å². The Kier molecular flexibility index (Phi) is 5.30. The van der Waals surface area contributed by atoms with E-state index in [0.29, 0.717) is 11.4 Å². The molecular weight excluding hydrogens is 378 g/mol. The smallest absolute Gasteiger partial charge is 0.255 e. The van der Waals surface area contributed by atoms with Crippen LogP contribution in [0.1, 0.15) is 15.2 Å². The van der Waals surface area contributed by atoms with Crippen molar-refractivity contribution in [1.29, 1.82) is 0 Å². The first-order valence-electron chi connectivity index (χ1n) is 7.41. The van der Waals surface area contributed by atoms with Gasteiger partial charge < -0.3 is 9.64 Å². The molecular formula is C16H18BrN3O2S. The lowest BCUT2D eigenvalue weighted by atomic mass is 10.2. The molecule has 0 aromatic carbocycles. The summed E-state index contributed by atoms with van der Waals surface area (Å²) in [5.41, 5.74) is 0.612. The lowest BCUT2D eigenvalue weighted by molar-refractivity contribution is 0.0629. The summed E-state index contributed by atoms with van der Waals surface area (Å²) < 4.78 is 6.18. The molecule has 1 aliphatic heterocycles. The third kappa shape index (κ3) is 4.10. The van der Waals surface area contributed by atoms with Gasteiger partial charge in [0.1, 0.15) is 0 Å². The molecule has 0 radical (unpaired) electrons. The van der Waals surface area contributed by atoms with E-state index in [1.165, 1.54) is 4.88 Å². The molecule has 23 heavy (non-hydrogen) atoms. The van der Waals surface area contributed by atoms with Crippen molar-refractivity contribution in [2.45, 2.75) is 6.54 Å². The summed E-state index contributed by atoms with van der Waals surface area (Å²) in [5.74, 6) is 0.562. The summed E-state index contributed by atoms with van der Waals surface area (Å²) in [5, 5.41) is 0. The van der Waals surface area contributed by atoms with Gasteiger partial charge in [-0.2, -0.15) is 0 Å². The minimum absolute atomic E-state index is 0.0404. The van der Waals surface area contributed by atoms with Crippen LogP contribution >= 0.6 is 27.3 Å². The second-order valence-electron chi connectivity index (χ2n) is 5.36. The van der Waals surface area contributed by atoms with E-state index in [2.05, 4.69) is 37.9 Å². The summed E-state index contributed by atoms with van der Waals surface area (Å²) in [4.78, 5) is 22.2. The summed E-state index contributed by atoms with van der Waals surface area (Å²) in [7, 11) is 1.56. The number of carbonyl (C=O) groups excluding carboxylic acids is 1. The second-order valence-corrected chi connectivity index (χ2v) is 7.91. The minimum atomic E-state index is 0.0404. The lowest BCUT2D eigenvalue weighted by Crippen LogP contribution is -2.48. The predicted molar refractivity (Wildman–Crippen MR) is 94.0 cm³/mol. The van der Waals surface area contributed by atoms with Crippen LogP contribution in [0.5, 0.6) is 5.88 Å². The Labute approximate surface area is 148 Å². The molecule has 0 spiro atoms. The molecule has 5 nitrogen and oxygen atoms in total. The van der Waals surface area contributed by atoms with E-state index in [-0.39, 0.29) is 5.91 Å². The van der Waals surface area contributed by atoms with Gasteiger partial charge in [-0.05, 0) is 34.1 Å². The minimum Gasteiger partial charge on any atom is -0.481 e. The highest BCUT2D eigenvalue weighted by molar-refractivity contribution is 9.11. The summed E-state index contributed by atoms with van der Waals surface area (Å²) in [6, 6.07) is 7.72. The summed E-state index contributed by atoms with van der Waals surface area (Å²) in [6.45, 7) is 4.23. The first-order valence-corrected chi connectivity index (χ1v) is 9.02. The number of methoxy groups -OCH3 is 1. The van der Waals surface area contributed by atoms with Crippen molar-refractivity contribution in [1.82, 2.24) is 14.8 Å². The molecule has 0 saturated carbocycles. The third-order valence-electron chi connectivity index (χ3n) is 3.86. The molecule has 0 aliphatic carbocycles. The van der Waals surface area contributed by atoms with Gasteiger partial charge in [0.05, 0.1) is 16.5 Å². The Balaban J connectivity index is 1.54. The fraction of sp³-hybridized carbons (Fsp3) is 0.375. The number of aromatic nitrogens is 1. The van der Waals surface area contributed by atoms with Crippen molar-refractivity contribution < 1.29 is 9.53 Å². The SMILES string of the molecule is COc1ccc(C(=O)N2CCN(Cc3ccc(Br)s3)CC2)cn1. The molecule has 2 aromatic heterocycles. The number of hydrogen-bond donors (Lipinski definition) is 0. The number of amides is 1. The van der Waals surface area contributed by atoms with Crippen LogP contribution < -0.4 is 4.74 Å². The highest BCUT2D eigenvalue weighted by Crippen LogP contribution is 2.23. The van der Waals surface area contributed by atoms with E-state index in [1.54, 1.807) is 36.8 Å². The zero-order chi connectivity index (χ0) is 16.2. The molecule has 1 amide bonds. The molecule has 3 heterocycles. The number of hydrogen-bond acceptors (Lipinski definition) is 5. The molecule has 1 aliphatic rings. The number of thiophene rings is 1. The Bertz CT molecular complexity index is 666. The van der Waals surface area contributed by atoms with E-state index >= 15 is 0 Å². The number of carbonyl (C=O) groups is 1. The van der Waals surface area contributed by atoms with Crippen LogP contribution in [0.4, 0.5) is 0 Å². The Hall–Kier alpha value is -1.44. The number of ether oxygens (including phenoxy) is 1. The average Bonchev–Trinajstić information content (AvgIpc) is 3.00. The number of rotatable bonds is 4. The summed E-state index contributed by atoms with van der Waals surface area (Å²) in [6.07, 6.45) is 1.58. The fourth-order valence-electron chi connectivity index (χ4n) is 2.58. The molecule has 1 saturated heterocycles. The van der Waals surface area contributed by atoms with Crippen LogP contribution in [0.3, 0.4) is 0 Å². The molecule has 0 bridgehead atoms. The molecule has 2 aromatic rings. The normalized spacial score (nSPS) is 15.7. The van der Waals surface area contributed by atoms with Crippen LogP contribution in [-0.4, -0.2) is 54.0 Å². The molecule has 0 N–H and O–H groups in total. The van der Waals surface area contributed by atoms with Crippen molar-refractivity contribution in [3.8, 4) is 5.88 Å². The first kappa shape index (κ1) is 16.4. The molecule has 7 heteroatoms. The molecule has 122 valence electrons. The average molecular weight is 396 g/mol. The van der Waals surface area contributed by atoms with Gasteiger partial charge in [0.15, 0.2) is 0 Å². The molecule has 0 atom stereocenters. The zero-order valence-electron chi connectivity index (χ0n) is 12.9. The highest BCUT2D eigenvalue weighted by atomic mass is 79.9. The zero-order valence-corrected chi connectivity index (χ0v) is 15.3. The van der Waals surface area contributed by atoms with Crippen LogP contribution in [0.25, 0.3) is 0 Å². The van der Waals surface area contributed by atoms with Crippen molar-refractivity contribution in [3.05, 3.63) is 44.7 Å². The van der Waals surface area contributed by atoms with Crippen molar-refractivity contribution in [3.63, 3.8) is 0 Å². The van der Waals surface area contributed by atoms with Crippen LogP contribution in [-0.2, 0) is 6.54 Å². The first-order chi connectivity index (χ1) is 11.2. The number of nitrogens with zero attached hydrogens (tertiary/aromatic N) is 3. The van der Waals surface area contributed by atoms with Crippen LogP contribution in [0.15, 0.2) is 34.2 Å². The van der Waals surface area contributed by atoms with E-state index in [9.17, 15) is 4.79 Å². The van der Waals surface area contributed by atoms with Gasteiger partial charge in [0.25, 0.3) is 5.91 Å². The quantitative estimate of drug-likeness (QED) is 0.798. The van der Waals surface area contributed by atoms with Crippen LogP contribution in [0.2, 0.25) is 0 Å². The topological polar surface area (TPSA) is 45.7 Å². The van der Waals surface area contributed by atoms with Crippen LogP contribution in [0, 0.1) is 0 Å². The van der Waals surface area contributed by atoms with E-state index in [1.807, 2.05) is 4.90 Å². The maximum absolute atomic E-state index is 12.5. The van der Waals surface area contributed by atoms with E-state index in [4.69, 9.17) is 4.74 Å². The van der Waals surface area contributed by atoms with Crippen molar-refractivity contribution in [2.75, 3.05) is 33.3 Å². The van der Waals surface area contributed by atoms with Gasteiger partial charge in [-0.1, -0.05) is 0 Å². The van der Waals surface area contributed by atoms with Crippen molar-refractivity contribution in [2.24, 2.45) is 0 Å². The van der Waals surface area contributed by atoms with Gasteiger partial charge >= 0.3 is 0 Å². The van der Waals surface area contributed by atoms with Gasteiger partial charge in [-0.3, -0.25) is 9.69 Å². The second kappa shape index (κ2) is 7.42. The van der Waals surface area contributed by atoms with Gasteiger partial charge in [-0.25, -0.2) is 4.98 Å². The number of piperazine rings is 1. The lowest BCUT2D eigenvalue weighted by Gasteiger charge is -2.34. The van der Waals surface area contributed by atoms with E-state index in [0.717, 1.165) is 36.5 Å². The maximum atomic E-state index is 12.5. The monoisotopic (exact) mass is 395 g/mol.